The van der Waals surface area contributed by atoms with E-state index in [1.807, 2.05) is 0 Å². The SMILES string of the molecule is Br.I.N.[Ag]. The summed E-state index contributed by atoms with van der Waals surface area (Å²) in [6.07, 6.45) is 0. The van der Waals surface area contributed by atoms with E-state index < -0.39 is 0 Å². The Morgan fingerprint density at radius 3 is 1.00 bits per heavy atom. The van der Waals surface area contributed by atoms with Crippen LogP contribution in [0.4, 0.5) is 0 Å². The Morgan fingerprint density at radius 2 is 1.00 bits per heavy atom. The van der Waals surface area contributed by atoms with Crippen LogP contribution in [0.5, 0.6) is 0 Å². The molecule has 0 saturated carbocycles. The maximum atomic E-state index is 0. The first-order chi connectivity index (χ1) is 0. The molecule has 4 heteroatoms. The zero-order valence-corrected chi connectivity index (χ0v) is 7.35. The minimum absolute atomic E-state index is 0. The molecule has 0 aromatic rings. The summed E-state index contributed by atoms with van der Waals surface area (Å²) in [5.74, 6) is 0. The van der Waals surface area contributed by atoms with Crippen molar-refractivity contribution < 1.29 is 22.4 Å². The molecule has 0 bridgehead atoms. The first-order valence-corrected chi connectivity index (χ1v) is 0. The molecule has 0 unspecified atom stereocenters. The van der Waals surface area contributed by atoms with E-state index >= 15 is 0 Å². The fraction of sp³-hybridized carbons (Fsp3) is 0. The maximum Gasteiger partial charge on any atom is 0 e. The second kappa shape index (κ2) is 20.6. The van der Waals surface area contributed by atoms with Gasteiger partial charge in [-0.15, -0.1) is 41.0 Å². The van der Waals surface area contributed by atoms with Gasteiger partial charge in [0.05, 0.1) is 0 Å². The van der Waals surface area contributed by atoms with Crippen molar-refractivity contribution in [1.29, 1.82) is 0 Å². The number of halogens is 2. The van der Waals surface area contributed by atoms with Crippen molar-refractivity contribution in [2.24, 2.45) is 0 Å². The largest absolute Gasteiger partial charge is 0.344 e. The molecule has 35 valence electrons. The summed E-state index contributed by atoms with van der Waals surface area (Å²) in [4.78, 5) is 0. The summed E-state index contributed by atoms with van der Waals surface area (Å²) in [5, 5.41) is 0. The summed E-state index contributed by atoms with van der Waals surface area (Å²) < 4.78 is 0. The normalized spacial score (nSPS) is 0. The van der Waals surface area contributed by atoms with Gasteiger partial charge in [0, 0.05) is 22.4 Å². The smallest absolute Gasteiger partial charge is 0 e. The Labute approximate surface area is 68.8 Å². The van der Waals surface area contributed by atoms with Crippen LogP contribution < -0.4 is 6.15 Å². The van der Waals surface area contributed by atoms with Gasteiger partial charge in [-0.05, 0) is 0 Å². The fourth-order valence-electron chi connectivity index (χ4n) is 0. The predicted molar refractivity (Wildman–Crippen MR) is 30.8 cm³/mol. The molecule has 0 heterocycles. The van der Waals surface area contributed by atoms with Gasteiger partial charge in [0.2, 0.25) is 0 Å². The van der Waals surface area contributed by atoms with Crippen LogP contribution in [0.2, 0.25) is 0 Å². The van der Waals surface area contributed by atoms with E-state index in [1.54, 1.807) is 0 Å². The Hall–Kier alpha value is 1.91. The molecule has 0 aromatic heterocycles. The molecule has 0 aliphatic rings. The van der Waals surface area contributed by atoms with E-state index in [0.29, 0.717) is 0 Å². The van der Waals surface area contributed by atoms with Crippen molar-refractivity contribution in [2.45, 2.75) is 0 Å². The maximum absolute atomic E-state index is 0. The van der Waals surface area contributed by atoms with Gasteiger partial charge in [0.15, 0.2) is 0 Å². The summed E-state index contributed by atoms with van der Waals surface area (Å²) in [6, 6.07) is 0. The van der Waals surface area contributed by atoms with Crippen molar-refractivity contribution >= 4 is 41.0 Å². The first kappa shape index (κ1) is 39.1. The summed E-state index contributed by atoms with van der Waals surface area (Å²) in [5.41, 5.74) is 0. The summed E-state index contributed by atoms with van der Waals surface area (Å²) in [7, 11) is 0. The van der Waals surface area contributed by atoms with Gasteiger partial charge in [-0.2, -0.15) is 0 Å². The van der Waals surface area contributed by atoms with Crippen molar-refractivity contribution in [3.8, 4) is 0 Å². The molecule has 3 N–H and O–H groups in total. The van der Waals surface area contributed by atoms with Gasteiger partial charge in [-0.3, -0.25) is 0 Å². The molecule has 0 aliphatic carbocycles. The number of hydrogen-bond donors (Lipinski definition) is 1. The summed E-state index contributed by atoms with van der Waals surface area (Å²) >= 11 is 0. The van der Waals surface area contributed by atoms with E-state index in [9.17, 15) is 0 Å². The average Bonchev–Trinajstić information content (AvgIpc) is 0. The summed E-state index contributed by atoms with van der Waals surface area (Å²) in [6.45, 7) is 0. The van der Waals surface area contributed by atoms with Crippen LogP contribution in [0, 0.1) is 0 Å². The van der Waals surface area contributed by atoms with Crippen LogP contribution in [0.25, 0.3) is 0 Å². The van der Waals surface area contributed by atoms with Gasteiger partial charge in [-0.1, -0.05) is 0 Å². The standard InChI is InChI=1S/Ag.BrH.HI.H3N/h;2*1H;1H3. The number of rotatable bonds is 0. The van der Waals surface area contributed by atoms with Crippen LogP contribution in [0.1, 0.15) is 0 Å². The molecule has 0 aromatic carbocycles. The fourth-order valence-corrected chi connectivity index (χ4v) is 0. The third-order valence-electron chi connectivity index (χ3n) is 0. The van der Waals surface area contributed by atoms with Crippen molar-refractivity contribution in [3.63, 3.8) is 0 Å². The van der Waals surface area contributed by atoms with Gasteiger partial charge in [-0.25, -0.2) is 0 Å². The van der Waals surface area contributed by atoms with E-state index in [1.165, 1.54) is 0 Å². The topological polar surface area (TPSA) is 35.0 Å². The van der Waals surface area contributed by atoms with E-state index in [2.05, 4.69) is 0 Å². The monoisotopic (exact) mass is 332 g/mol. The molecule has 0 rings (SSSR count). The molecule has 0 saturated heterocycles. The quantitative estimate of drug-likeness (QED) is 0.527. The molecule has 4 heavy (non-hydrogen) atoms. The average molecular weight is 334 g/mol. The molecule has 0 spiro atoms. The van der Waals surface area contributed by atoms with Crippen LogP contribution in [0.3, 0.4) is 0 Å². The minimum Gasteiger partial charge on any atom is -0.344 e. The number of hydrogen-bond acceptors (Lipinski definition) is 1. The Morgan fingerprint density at radius 1 is 1.00 bits per heavy atom. The molecular weight excluding hydrogens is 329 g/mol. The first-order valence-electron chi connectivity index (χ1n) is 0. The van der Waals surface area contributed by atoms with Gasteiger partial charge >= 0.3 is 0 Å². The van der Waals surface area contributed by atoms with Gasteiger partial charge in [0.1, 0.15) is 0 Å². The zero-order chi connectivity index (χ0) is 0. The molecule has 0 atom stereocenters. The Kier molecular flexibility index (Phi) is 201. The Bertz CT molecular complexity index is 8.00. The third-order valence-corrected chi connectivity index (χ3v) is 0. The predicted octanol–water partition coefficient (Wildman–Crippen LogP) is 1.36. The Balaban J connectivity index is 0. The molecular formula is H5AgBrIN. The molecule has 0 aliphatic heterocycles. The third kappa shape index (κ3) is 9.08. The van der Waals surface area contributed by atoms with Crippen LogP contribution >= 0.6 is 41.0 Å². The van der Waals surface area contributed by atoms with E-state index in [0.717, 1.165) is 0 Å². The second-order valence-electron chi connectivity index (χ2n) is 0. The van der Waals surface area contributed by atoms with Crippen LogP contribution in [-0.4, -0.2) is 0 Å². The van der Waals surface area contributed by atoms with Crippen molar-refractivity contribution in [2.75, 3.05) is 0 Å². The minimum atomic E-state index is 0. The van der Waals surface area contributed by atoms with Crippen molar-refractivity contribution in [3.05, 3.63) is 0 Å². The van der Waals surface area contributed by atoms with Gasteiger partial charge in [0.25, 0.3) is 0 Å². The molecule has 1 radical (unpaired) electrons. The molecule has 0 fully saturated rings. The van der Waals surface area contributed by atoms with Gasteiger partial charge < -0.3 is 6.15 Å². The van der Waals surface area contributed by atoms with Crippen LogP contribution in [0.15, 0.2) is 0 Å². The van der Waals surface area contributed by atoms with E-state index in [4.69, 9.17) is 0 Å². The zero-order valence-electron chi connectivity index (χ0n) is 1.83. The van der Waals surface area contributed by atoms with E-state index in [-0.39, 0.29) is 69.5 Å². The second-order valence-corrected chi connectivity index (χ2v) is 0. The van der Waals surface area contributed by atoms with Crippen LogP contribution in [-0.2, 0) is 22.4 Å². The molecule has 0 amide bonds. The molecule has 1 nitrogen and oxygen atoms in total. The van der Waals surface area contributed by atoms with Crippen molar-refractivity contribution in [1.82, 2.24) is 6.15 Å².